The Morgan fingerprint density at radius 3 is 2.30 bits per heavy atom. The van der Waals surface area contributed by atoms with Crippen molar-refractivity contribution in [1.29, 1.82) is 0 Å². The molecule has 0 amide bonds. The molecule has 2 aliphatic heterocycles. The summed E-state index contributed by atoms with van der Waals surface area (Å²) < 4.78 is 0. The number of piperazine rings is 1. The third-order valence-corrected chi connectivity index (χ3v) is 6.01. The summed E-state index contributed by atoms with van der Waals surface area (Å²) in [4.78, 5) is 11.8. The number of aliphatic imine (C=N–C) groups is 1. The van der Waals surface area contributed by atoms with Crippen molar-refractivity contribution in [3.05, 3.63) is 29.3 Å². The molecule has 1 aromatic rings. The fourth-order valence-corrected chi connectivity index (χ4v) is 4.02. The van der Waals surface area contributed by atoms with Crippen LogP contribution >= 0.6 is 35.6 Å². The monoisotopic (exact) mass is 505 g/mol. The lowest BCUT2D eigenvalue weighted by Gasteiger charge is -2.36. The minimum absolute atomic E-state index is 0. The van der Waals surface area contributed by atoms with E-state index in [1.165, 1.54) is 44.6 Å². The van der Waals surface area contributed by atoms with Crippen LogP contribution in [0.25, 0.3) is 0 Å². The second-order valence-electron chi connectivity index (χ2n) is 7.36. The Balaban J connectivity index is 0.00000261. The molecule has 0 atom stereocenters. The van der Waals surface area contributed by atoms with Gasteiger partial charge in [-0.15, -0.1) is 24.0 Å². The highest BCUT2D eigenvalue weighted by Gasteiger charge is 2.20. The minimum atomic E-state index is 0. The van der Waals surface area contributed by atoms with E-state index in [1.807, 2.05) is 12.1 Å². The van der Waals surface area contributed by atoms with E-state index < -0.39 is 0 Å². The molecule has 2 fully saturated rings. The van der Waals surface area contributed by atoms with E-state index in [0.717, 1.165) is 43.7 Å². The molecular weight excluding hydrogens is 473 g/mol. The number of anilines is 1. The number of rotatable bonds is 5. The maximum atomic E-state index is 6.24. The number of likely N-dealkylation sites (tertiary alicyclic amines) is 1. The summed E-state index contributed by atoms with van der Waals surface area (Å²) in [7, 11) is 0. The smallest absolute Gasteiger partial charge is 0.191 e. The Bertz CT molecular complexity index is 579. The number of hydrogen-bond donors (Lipinski definition) is 1. The molecule has 0 aromatic heterocycles. The van der Waals surface area contributed by atoms with Crippen LogP contribution in [0.15, 0.2) is 29.3 Å². The zero-order valence-corrected chi connectivity index (χ0v) is 19.4. The molecule has 1 aromatic carbocycles. The molecule has 27 heavy (non-hydrogen) atoms. The zero-order valence-electron chi connectivity index (χ0n) is 16.3. The maximum absolute atomic E-state index is 6.24. The van der Waals surface area contributed by atoms with E-state index in [9.17, 15) is 0 Å². The summed E-state index contributed by atoms with van der Waals surface area (Å²) in [6.07, 6.45) is 3.79. The van der Waals surface area contributed by atoms with Gasteiger partial charge in [0.05, 0.1) is 0 Å². The van der Waals surface area contributed by atoms with Crippen LogP contribution in [0, 0.1) is 5.92 Å². The van der Waals surface area contributed by atoms with Crippen LogP contribution in [0.1, 0.15) is 26.2 Å². The molecule has 3 rings (SSSR count). The van der Waals surface area contributed by atoms with Crippen LogP contribution in [-0.2, 0) is 0 Å². The van der Waals surface area contributed by atoms with Crippen LogP contribution in [0.5, 0.6) is 0 Å². The number of benzene rings is 1. The average Bonchev–Trinajstić information content (AvgIpc) is 2.69. The van der Waals surface area contributed by atoms with Gasteiger partial charge in [0.1, 0.15) is 0 Å². The predicted octanol–water partition coefficient (Wildman–Crippen LogP) is 3.52. The van der Waals surface area contributed by atoms with Crippen LogP contribution in [-0.4, -0.2) is 68.1 Å². The van der Waals surface area contributed by atoms with Crippen molar-refractivity contribution in [3.8, 4) is 0 Å². The van der Waals surface area contributed by atoms with Crippen molar-refractivity contribution >= 4 is 47.2 Å². The van der Waals surface area contributed by atoms with Gasteiger partial charge in [-0.3, -0.25) is 4.99 Å². The summed E-state index contributed by atoms with van der Waals surface area (Å²) in [6.45, 7) is 10.6. The molecule has 0 saturated carbocycles. The molecule has 0 radical (unpaired) electrons. The Kier molecular flexibility index (Phi) is 9.45. The summed E-state index contributed by atoms with van der Waals surface area (Å²) in [5.74, 6) is 1.53. The highest BCUT2D eigenvalue weighted by molar-refractivity contribution is 14.0. The van der Waals surface area contributed by atoms with Gasteiger partial charge < -0.3 is 20.4 Å². The number of piperidine rings is 1. The quantitative estimate of drug-likeness (QED) is 0.378. The second-order valence-corrected chi connectivity index (χ2v) is 7.79. The number of hydrogen-bond acceptors (Lipinski definition) is 3. The van der Waals surface area contributed by atoms with Gasteiger partial charge in [-0.25, -0.2) is 0 Å². The van der Waals surface area contributed by atoms with Crippen LogP contribution in [0.3, 0.4) is 0 Å². The van der Waals surface area contributed by atoms with Crippen molar-refractivity contribution in [3.63, 3.8) is 0 Å². The summed E-state index contributed by atoms with van der Waals surface area (Å²) >= 11 is 5.97. The molecule has 2 N–H and O–H groups in total. The summed E-state index contributed by atoms with van der Waals surface area (Å²) in [6, 6.07) is 8.06. The Hall–Kier alpha value is -0.730. The largest absolute Gasteiger partial charge is 0.370 e. The molecule has 2 aliphatic rings. The van der Waals surface area contributed by atoms with Gasteiger partial charge in [-0.05, 0) is 69.1 Å². The number of halogens is 2. The lowest BCUT2D eigenvalue weighted by Crippen LogP contribution is -2.51. The first-order valence-corrected chi connectivity index (χ1v) is 10.3. The van der Waals surface area contributed by atoms with Crippen LogP contribution in [0.4, 0.5) is 5.69 Å². The van der Waals surface area contributed by atoms with Gasteiger partial charge in [0.2, 0.25) is 0 Å². The van der Waals surface area contributed by atoms with Gasteiger partial charge in [0, 0.05) is 43.4 Å². The molecule has 0 spiro atoms. The minimum Gasteiger partial charge on any atom is -0.370 e. The van der Waals surface area contributed by atoms with Gasteiger partial charge in [-0.2, -0.15) is 0 Å². The number of nitrogens with two attached hydrogens (primary N) is 1. The molecule has 0 aliphatic carbocycles. The Morgan fingerprint density at radius 1 is 1.07 bits per heavy atom. The van der Waals surface area contributed by atoms with Gasteiger partial charge >= 0.3 is 0 Å². The zero-order chi connectivity index (χ0) is 18.4. The molecular formula is C20H33ClIN5. The maximum Gasteiger partial charge on any atom is 0.191 e. The average molecular weight is 506 g/mol. The van der Waals surface area contributed by atoms with E-state index in [-0.39, 0.29) is 24.0 Å². The lowest BCUT2D eigenvalue weighted by atomic mass is 9.94. The van der Waals surface area contributed by atoms with Gasteiger partial charge in [0.25, 0.3) is 0 Å². The second kappa shape index (κ2) is 11.3. The Labute approximate surface area is 185 Å². The first-order valence-electron chi connectivity index (χ1n) is 9.93. The standard InChI is InChI=1S/C20H32ClN5.HI/c1-2-24-11-8-17(9-12-24)7-10-23-20(22)26-15-13-25(14-16-26)19-5-3-18(21)4-6-19;/h3-6,17H,2,7-16H2,1H3,(H2,22,23);1H. The van der Waals surface area contributed by atoms with Crippen molar-refractivity contribution in [2.45, 2.75) is 26.2 Å². The van der Waals surface area contributed by atoms with Crippen molar-refractivity contribution in [2.75, 3.05) is 57.3 Å². The highest BCUT2D eigenvalue weighted by Crippen LogP contribution is 2.21. The normalized spacial score (nSPS) is 19.9. The highest BCUT2D eigenvalue weighted by atomic mass is 127. The summed E-state index contributed by atoms with van der Waals surface area (Å²) in [5, 5.41) is 0.782. The fourth-order valence-electron chi connectivity index (χ4n) is 3.90. The Morgan fingerprint density at radius 2 is 1.70 bits per heavy atom. The van der Waals surface area contributed by atoms with Crippen molar-refractivity contribution in [2.24, 2.45) is 16.6 Å². The molecule has 5 nitrogen and oxygen atoms in total. The number of guanidine groups is 1. The molecule has 0 bridgehead atoms. The van der Waals surface area contributed by atoms with Crippen molar-refractivity contribution in [1.82, 2.24) is 9.80 Å². The predicted molar refractivity (Wildman–Crippen MR) is 127 cm³/mol. The van der Waals surface area contributed by atoms with Gasteiger partial charge in [-0.1, -0.05) is 18.5 Å². The molecule has 0 unspecified atom stereocenters. The number of nitrogens with zero attached hydrogens (tertiary/aromatic N) is 4. The van der Waals surface area contributed by atoms with E-state index in [1.54, 1.807) is 0 Å². The van der Waals surface area contributed by atoms with E-state index >= 15 is 0 Å². The first-order chi connectivity index (χ1) is 12.7. The molecule has 2 saturated heterocycles. The van der Waals surface area contributed by atoms with Crippen molar-refractivity contribution < 1.29 is 0 Å². The van der Waals surface area contributed by atoms with Gasteiger partial charge in [0.15, 0.2) is 5.96 Å². The summed E-state index contributed by atoms with van der Waals surface area (Å²) in [5.41, 5.74) is 7.47. The molecule has 7 heteroatoms. The first kappa shape index (κ1) is 22.6. The SMILES string of the molecule is CCN1CCC(CCN=C(N)N2CCN(c3ccc(Cl)cc3)CC2)CC1.I. The van der Waals surface area contributed by atoms with E-state index in [2.05, 4.69) is 38.7 Å². The third kappa shape index (κ3) is 6.68. The topological polar surface area (TPSA) is 48.1 Å². The fraction of sp³-hybridized carbons (Fsp3) is 0.650. The van der Waals surface area contributed by atoms with Crippen LogP contribution in [0.2, 0.25) is 5.02 Å². The van der Waals surface area contributed by atoms with E-state index in [4.69, 9.17) is 17.3 Å². The molecule has 152 valence electrons. The lowest BCUT2D eigenvalue weighted by molar-refractivity contribution is 0.188. The third-order valence-electron chi connectivity index (χ3n) is 5.76. The van der Waals surface area contributed by atoms with E-state index in [0.29, 0.717) is 5.96 Å². The molecule has 2 heterocycles. The van der Waals surface area contributed by atoms with Crippen LogP contribution < -0.4 is 10.6 Å².